The molecule has 3 N–H and O–H groups in total. The summed E-state index contributed by atoms with van der Waals surface area (Å²) in [6.45, 7) is 3.11. The summed E-state index contributed by atoms with van der Waals surface area (Å²) in [7, 11) is 0. The maximum atomic E-state index is 10.3. The topological polar surface area (TPSA) is 78.8 Å². The van der Waals surface area contributed by atoms with Crippen molar-refractivity contribution in [3.8, 4) is 0 Å². The number of carboxylic acid groups (broad SMARTS) is 1. The van der Waals surface area contributed by atoms with Gasteiger partial charge in [-0.1, -0.05) is 0 Å². The fourth-order valence-electron chi connectivity index (χ4n) is 0.747. The van der Waals surface area contributed by atoms with Crippen molar-refractivity contribution in [2.75, 3.05) is 26.4 Å². The summed E-state index contributed by atoms with van der Waals surface area (Å²) >= 11 is 0. The number of hydrogen-bond donors (Lipinski definition) is 3. The van der Waals surface area contributed by atoms with Crippen LogP contribution in [0.4, 0.5) is 0 Å². The molecule has 0 fully saturated rings. The second-order valence-corrected chi connectivity index (χ2v) is 2.70. The number of carboxylic acids is 1. The Morgan fingerprint density at radius 1 is 1.54 bits per heavy atom. The van der Waals surface area contributed by atoms with Gasteiger partial charge in [0.1, 0.15) is 6.04 Å². The highest BCUT2D eigenvalue weighted by Gasteiger charge is 2.07. The summed E-state index contributed by atoms with van der Waals surface area (Å²) < 4.78 is 4.99. The number of nitrogens with one attached hydrogen (secondary N) is 1. The minimum Gasteiger partial charge on any atom is -0.480 e. The fraction of sp³-hybridized carbons (Fsp3) is 0.875. The standard InChI is InChI=1S/C8H17NO4/c1-7(8(11)12)9-3-2-5-13-6-4-10/h7,9-10H,2-6H2,1H3,(H,11,12). The van der Waals surface area contributed by atoms with Crippen LogP contribution in [-0.2, 0) is 9.53 Å². The average molecular weight is 191 g/mol. The van der Waals surface area contributed by atoms with Gasteiger partial charge in [-0.3, -0.25) is 4.79 Å². The van der Waals surface area contributed by atoms with E-state index in [1.54, 1.807) is 6.92 Å². The van der Waals surface area contributed by atoms with Gasteiger partial charge in [0.2, 0.25) is 0 Å². The zero-order valence-corrected chi connectivity index (χ0v) is 7.82. The highest BCUT2D eigenvalue weighted by Crippen LogP contribution is 1.84. The van der Waals surface area contributed by atoms with E-state index in [9.17, 15) is 4.79 Å². The quantitative estimate of drug-likeness (QED) is 0.448. The molecule has 0 aromatic rings. The molecule has 0 spiro atoms. The third kappa shape index (κ3) is 7.70. The van der Waals surface area contributed by atoms with Gasteiger partial charge in [-0.25, -0.2) is 0 Å². The Kier molecular flexibility index (Phi) is 7.57. The Morgan fingerprint density at radius 2 is 2.23 bits per heavy atom. The molecule has 0 radical (unpaired) electrons. The molecule has 13 heavy (non-hydrogen) atoms. The minimum absolute atomic E-state index is 0.0267. The lowest BCUT2D eigenvalue weighted by atomic mass is 10.3. The van der Waals surface area contributed by atoms with Gasteiger partial charge in [-0.2, -0.15) is 0 Å². The molecule has 0 heterocycles. The summed E-state index contributed by atoms with van der Waals surface area (Å²) in [4.78, 5) is 10.3. The van der Waals surface area contributed by atoms with E-state index in [1.165, 1.54) is 0 Å². The van der Waals surface area contributed by atoms with Crippen LogP contribution in [0, 0.1) is 0 Å². The van der Waals surface area contributed by atoms with Crippen LogP contribution < -0.4 is 5.32 Å². The smallest absolute Gasteiger partial charge is 0.320 e. The summed E-state index contributed by atoms with van der Waals surface area (Å²) in [6, 6.07) is -0.516. The zero-order chi connectivity index (χ0) is 10.1. The molecule has 78 valence electrons. The largest absolute Gasteiger partial charge is 0.480 e. The Balaban J connectivity index is 3.11. The number of carbonyl (C=O) groups is 1. The molecule has 0 aromatic heterocycles. The van der Waals surface area contributed by atoms with Crippen molar-refractivity contribution < 1.29 is 19.7 Å². The van der Waals surface area contributed by atoms with Gasteiger partial charge in [0.25, 0.3) is 0 Å². The van der Waals surface area contributed by atoms with Crippen LogP contribution in [0.15, 0.2) is 0 Å². The first-order valence-corrected chi connectivity index (χ1v) is 4.33. The maximum Gasteiger partial charge on any atom is 0.320 e. The molecule has 0 aliphatic carbocycles. The Bertz CT molecular complexity index is 140. The van der Waals surface area contributed by atoms with Crippen molar-refractivity contribution in [2.45, 2.75) is 19.4 Å². The second-order valence-electron chi connectivity index (χ2n) is 2.70. The van der Waals surface area contributed by atoms with E-state index in [0.717, 1.165) is 6.42 Å². The molecule has 0 saturated carbocycles. The van der Waals surface area contributed by atoms with Gasteiger partial charge in [0.05, 0.1) is 13.2 Å². The van der Waals surface area contributed by atoms with Gasteiger partial charge in [-0.05, 0) is 19.9 Å². The lowest BCUT2D eigenvalue weighted by Gasteiger charge is -2.08. The number of aliphatic hydroxyl groups excluding tert-OH is 1. The van der Waals surface area contributed by atoms with E-state index in [2.05, 4.69) is 5.32 Å². The molecule has 0 aliphatic heterocycles. The van der Waals surface area contributed by atoms with Crippen LogP contribution in [0.5, 0.6) is 0 Å². The number of aliphatic hydroxyl groups is 1. The number of hydrogen-bond acceptors (Lipinski definition) is 4. The van der Waals surface area contributed by atoms with Crippen molar-refractivity contribution in [3.05, 3.63) is 0 Å². The number of rotatable bonds is 8. The molecule has 5 nitrogen and oxygen atoms in total. The molecule has 0 aliphatic rings. The molecule has 1 atom stereocenters. The van der Waals surface area contributed by atoms with Crippen LogP contribution in [0.2, 0.25) is 0 Å². The van der Waals surface area contributed by atoms with Crippen LogP contribution in [0.1, 0.15) is 13.3 Å². The molecule has 0 amide bonds. The average Bonchev–Trinajstić information content (AvgIpc) is 2.10. The van der Waals surface area contributed by atoms with Crippen molar-refractivity contribution in [2.24, 2.45) is 0 Å². The van der Waals surface area contributed by atoms with Crippen molar-refractivity contribution in [1.29, 1.82) is 0 Å². The number of ether oxygens (including phenoxy) is 1. The predicted octanol–water partition coefficient (Wildman–Crippen LogP) is -0.552. The van der Waals surface area contributed by atoms with Crippen molar-refractivity contribution in [3.63, 3.8) is 0 Å². The summed E-state index contributed by atoms with van der Waals surface area (Å²) in [5, 5.41) is 19.7. The van der Waals surface area contributed by atoms with E-state index >= 15 is 0 Å². The van der Waals surface area contributed by atoms with E-state index in [1.807, 2.05) is 0 Å². The Hall–Kier alpha value is -0.650. The zero-order valence-electron chi connectivity index (χ0n) is 7.82. The van der Waals surface area contributed by atoms with Crippen molar-refractivity contribution in [1.82, 2.24) is 5.32 Å². The van der Waals surface area contributed by atoms with Gasteiger partial charge in [-0.15, -0.1) is 0 Å². The third-order valence-electron chi connectivity index (χ3n) is 1.52. The monoisotopic (exact) mass is 191 g/mol. The molecular formula is C8H17NO4. The first-order chi connectivity index (χ1) is 6.18. The van der Waals surface area contributed by atoms with E-state index in [-0.39, 0.29) is 6.61 Å². The summed E-state index contributed by atoms with van der Waals surface area (Å²) in [5.74, 6) is -0.851. The second kappa shape index (κ2) is 7.97. The first-order valence-electron chi connectivity index (χ1n) is 4.33. The number of aliphatic carboxylic acids is 1. The van der Waals surface area contributed by atoms with Gasteiger partial charge in [0, 0.05) is 6.61 Å². The third-order valence-corrected chi connectivity index (χ3v) is 1.52. The summed E-state index contributed by atoms with van der Waals surface area (Å²) in [6.07, 6.45) is 0.748. The SMILES string of the molecule is CC(NCCCOCCO)C(=O)O. The first kappa shape index (κ1) is 12.3. The molecular weight excluding hydrogens is 174 g/mol. The van der Waals surface area contributed by atoms with Gasteiger partial charge < -0.3 is 20.3 Å². The van der Waals surface area contributed by atoms with Gasteiger partial charge in [0.15, 0.2) is 0 Å². The molecule has 5 heteroatoms. The molecule has 0 rings (SSSR count). The van der Waals surface area contributed by atoms with E-state index in [0.29, 0.717) is 19.8 Å². The highest BCUT2D eigenvalue weighted by molar-refractivity contribution is 5.72. The fourth-order valence-corrected chi connectivity index (χ4v) is 0.747. The lowest BCUT2D eigenvalue weighted by molar-refractivity contribution is -0.139. The summed E-state index contributed by atoms with van der Waals surface area (Å²) in [5.41, 5.74) is 0. The Labute approximate surface area is 77.7 Å². The van der Waals surface area contributed by atoms with E-state index in [4.69, 9.17) is 14.9 Å². The van der Waals surface area contributed by atoms with Gasteiger partial charge >= 0.3 is 5.97 Å². The van der Waals surface area contributed by atoms with Crippen LogP contribution in [0.3, 0.4) is 0 Å². The molecule has 1 unspecified atom stereocenters. The highest BCUT2D eigenvalue weighted by atomic mass is 16.5. The lowest BCUT2D eigenvalue weighted by Crippen LogP contribution is -2.34. The molecule has 0 bridgehead atoms. The van der Waals surface area contributed by atoms with Crippen LogP contribution in [-0.4, -0.2) is 48.6 Å². The maximum absolute atomic E-state index is 10.3. The molecule has 0 aromatic carbocycles. The van der Waals surface area contributed by atoms with Crippen LogP contribution >= 0.6 is 0 Å². The van der Waals surface area contributed by atoms with Crippen molar-refractivity contribution >= 4 is 5.97 Å². The molecule has 0 saturated heterocycles. The normalized spacial score (nSPS) is 12.8. The predicted molar refractivity (Wildman–Crippen MR) is 47.6 cm³/mol. The Morgan fingerprint density at radius 3 is 2.77 bits per heavy atom. The van der Waals surface area contributed by atoms with Crippen LogP contribution in [0.25, 0.3) is 0 Å². The minimum atomic E-state index is -0.851. The van der Waals surface area contributed by atoms with E-state index < -0.39 is 12.0 Å².